The van der Waals surface area contributed by atoms with Crippen molar-refractivity contribution < 1.29 is 14.6 Å². The summed E-state index contributed by atoms with van der Waals surface area (Å²) in [6.45, 7) is 1.88. The van der Waals surface area contributed by atoms with Gasteiger partial charge in [-0.15, -0.1) is 0 Å². The molecule has 33 heavy (non-hydrogen) atoms. The molecule has 0 bridgehead atoms. The van der Waals surface area contributed by atoms with Crippen molar-refractivity contribution in [2.75, 3.05) is 31.3 Å². The van der Waals surface area contributed by atoms with Gasteiger partial charge in [-0.3, -0.25) is 0 Å². The fourth-order valence-electron chi connectivity index (χ4n) is 4.11. The molecule has 0 saturated heterocycles. The van der Waals surface area contributed by atoms with Gasteiger partial charge in [0, 0.05) is 19.3 Å². The van der Waals surface area contributed by atoms with E-state index in [1.54, 1.807) is 37.6 Å². The van der Waals surface area contributed by atoms with Gasteiger partial charge in [0.25, 0.3) is 0 Å². The van der Waals surface area contributed by atoms with Crippen molar-refractivity contribution in [1.82, 2.24) is 19.9 Å². The van der Waals surface area contributed by atoms with Crippen LogP contribution in [-0.2, 0) is 13.0 Å². The van der Waals surface area contributed by atoms with E-state index in [1.165, 1.54) is 11.1 Å². The Balaban J connectivity index is 1.53. The summed E-state index contributed by atoms with van der Waals surface area (Å²) in [6.07, 6.45) is 2.75. The van der Waals surface area contributed by atoms with Crippen LogP contribution >= 0.6 is 0 Å². The molecule has 0 spiro atoms. The molecule has 0 radical (unpaired) electrons. The van der Waals surface area contributed by atoms with Gasteiger partial charge in [-0.25, -0.2) is 4.79 Å². The van der Waals surface area contributed by atoms with Crippen molar-refractivity contribution in [3.63, 3.8) is 0 Å². The number of nitrogens with zero attached hydrogens (tertiary/aromatic N) is 3. The first kappa shape index (κ1) is 20.8. The molecule has 3 heterocycles. The lowest BCUT2D eigenvalue weighted by Crippen LogP contribution is -2.26. The van der Waals surface area contributed by atoms with E-state index in [2.05, 4.69) is 49.7 Å². The number of hydrogen-bond donors (Lipinski definition) is 4. The first-order valence-corrected chi connectivity index (χ1v) is 10.6. The number of aromatic nitrogens is 3. The van der Waals surface area contributed by atoms with E-state index in [1.807, 2.05) is 6.07 Å². The Hall–Kier alpha value is -4.11. The molecular formula is C24H24N6O3. The highest BCUT2D eigenvalue weighted by Gasteiger charge is 2.19. The molecule has 1 aliphatic rings. The van der Waals surface area contributed by atoms with Gasteiger partial charge in [0.1, 0.15) is 17.2 Å². The third kappa shape index (κ3) is 4.06. The second-order valence-corrected chi connectivity index (χ2v) is 8.05. The second kappa shape index (κ2) is 8.44. The van der Waals surface area contributed by atoms with Gasteiger partial charge < -0.3 is 30.4 Å². The van der Waals surface area contributed by atoms with Crippen LogP contribution in [0.3, 0.4) is 0 Å². The molecular weight excluding hydrogens is 420 g/mol. The van der Waals surface area contributed by atoms with E-state index < -0.39 is 5.97 Å². The predicted molar refractivity (Wildman–Crippen MR) is 127 cm³/mol. The molecule has 0 unspecified atom stereocenters. The van der Waals surface area contributed by atoms with Gasteiger partial charge in [-0.05, 0) is 54.9 Å². The van der Waals surface area contributed by atoms with Gasteiger partial charge in [0.15, 0.2) is 0 Å². The Morgan fingerprint density at radius 1 is 1.12 bits per heavy atom. The summed E-state index contributed by atoms with van der Waals surface area (Å²) >= 11 is 0. The van der Waals surface area contributed by atoms with Crippen molar-refractivity contribution in [2.24, 2.45) is 0 Å². The van der Waals surface area contributed by atoms with Crippen molar-refractivity contribution in [3.05, 3.63) is 65.4 Å². The molecule has 9 heteroatoms. The Kier molecular flexibility index (Phi) is 5.31. The highest BCUT2D eigenvalue weighted by molar-refractivity contribution is 5.97. The number of anilines is 4. The zero-order chi connectivity index (χ0) is 22.9. The lowest BCUT2D eigenvalue weighted by atomic mass is 9.99. The molecule has 0 amide bonds. The molecule has 0 saturated carbocycles. The summed E-state index contributed by atoms with van der Waals surface area (Å²) in [6, 6.07) is 12.7. The van der Waals surface area contributed by atoms with E-state index in [4.69, 9.17) is 4.74 Å². The summed E-state index contributed by atoms with van der Waals surface area (Å²) in [4.78, 5) is 26.3. The molecule has 9 nitrogen and oxygen atoms in total. The van der Waals surface area contributed by atoms with Crippen molar-refractivity contribution in [1.29, 1.82) is 0 Å². The number of hydrogen-bond acceptors (Lipinski definition) is 7. The summed E-state index contributed by atoms with van der Waals surface area (Å²) in [7, 11) is 3.75. The van der Waals surface area contributed by atoms with Gasteiger partial charge in [-0.1, -0.05) is 12.1 Å². The minimum atomic E-state index is -1.01. The monoisotopic (exact) mass is 444 g/mol. The molecule has 4 N–H and O–H groups in total. The van der Waals surface area contributed by atoms with Crippen molar-refractivity contribution in [3.8, 4) is 5.75 Å². The molecule has 4 aromatic rings. The minimum absolute atomic E-state index is 0.162. The molecule has 168 valence electrons. The van der Waals surface area contributed by atoms with Crippen LogP contribution in [0.1, 0.15) is 21.5 Å². The summed E-state index contributed by atoms with van der Waals surface area (Å²) in [5, 5.41) is 16.7. The lowest BCUT2D eigenvalue weighted by Gasteiger charge is -2.26. The van der Waals surface area contributed by atoms with Crippen molar-refractivity contribution >= 4 is 40.1 Å². The van der Waals surface area contributed by atoms with Crippen LogP contribution in [0, 0.1) is 0 Å². The Bertz CT molecular complexity index is 1350. The van der Waals surface area contributed by atoms with Crippen LogP contribution < -0.4 is 15.4 Å². The molecule has 0 fully saturated rings. The fraction of sp³-hybridized carbons (Fsp3) is 0.208. The Morgan fingerprint density at radius 2 is 1.97 bits per heavy atom. The zero-order valence-corrected chi connectivity index (χ0v) is 18.3. The van der Waals surface area contributed by atoms with Crippen LogP contribution in [0.25, 0.3) is 11.0 Å². The maximum atomic E-state index is 11.6. The predicted octanol–water partition coefficient (Wildman–Crippen LogP) is 4.14. The van der Waals surface area contributed by atoms with Gasteiger partial charge in [0.05, 0.1) is 29.4 Å². The number of carboxylic acids is 1. The van der Waals surface area contributed by atoms with E-state index in [-0.39, 0.29) is 5.56 Å². The SMILES string of the molecule is COc1cc2c(cc1Nc1nc(Nc3ccccc3C(=O)O)c3cc[nH]c3n1)CN(C)CC2. The molecule has 0 atom stereocenters. The number of H-pyrrole nitrogens is 1. The number of aromatic carboxylic acids is 1. The maximum Gasteiger partial charge on any atom is 0.337 e. The number of rotatable bonds is 6. The molecule has 5 rings (SSSR count). The summed E-state index contributed by atoms with van der Waals surface area (Å²) in [5.41, 5.74) is 4.53. The van der Waals surface area contributed by atoms with Crippen LogP contribution in [0.15, 0.2) is 48.7 Å². The van der Waals surface area contributed by atoms with Crippen molar-refractivity contribution in [2.45, 2.75) is 13.0 Å². The van der Waals surface area contributed by atoms with Gasteiger partial charge >= 0.3 is 5.97 Å². The normalized spacial score (nSPS) is 13.5. The third-order valence-electron chi connectivity index (χ3n) is 5.80. The highest BCUT2D eigenvalue weighted by Crippen LogP contribution is 2.34. The van der Waals surface area contributed by atoms with E-state index in [0.717, 1.165) is 36.3 Å². The van der Waals surface area contributed by atoms with Crippen LogP contribution in [0.5, 0.6) is 5.75 Å². The quantitative estimate of drug-likeness (QED) is 0.351. The van der Waals surface area contributed by atoms with E-state index in [9.17, 15) is 9.90 Å². The standard InChI is InChI=1S/C24H24N6O3/c1-30-10-8-14-12-20(33-2)19(11-15(14)13-30)27-24-28-21-17(7-9-25-21)22(29-24)26-18-6-4-3-5-16(18)23(31)32/h3-7,9,11-12H,8,10,13H2,1-2H3,(H,31,32)(H3,25,26,27,28,29). The number of aromatic amines is 1. The smallest absolute Gasteiger partial charge is 0.337 e. The first-order valence-electron chi connectivity index (χ1n) is 10.6. The lowest BCUT2D eigenvalue weighted by molar-refractivity contribution is 0.0698. The molecule has 0 aliphatic carbocycles. The summed E-state index contributed by atoms with van der Waals surface area (Å²) < 4.78 is 5.63. The highest BCUT2D eigenvalue weighted by atomic mass is 16.5. The third-order valence-corrected chi connectivity index (χ3v) is 5.80. The number of carboxylic acid groups (broad SMARTS) is 1. The van der Waals surface area contributed by atoms with Crippen LogP contribution in [0.2, 0.25) is 0 Å². The Labute approximate surface area is 190 Å². The molecule has 1 aliphatic heterocycles. The largest absolute Gasteiger partial charge is 0.495 e. The number of nitrogens with one attached hydrogen (secondary N) is 3. The second-order valence-electron chi connectivity index (χ2n) is 8.05. The number of carbonyl (C=O) groups is 1. The number of likely N-dealkylation sites (N-methyl/N-ethyl adjacent to an activating group) is 1. The van der Waals surface area contributed by atoms with Gasteiger partial charge in [0.2, 0.25) is 5.95 Å². The molecule has 2 aromatic carbocycles. The zero-order valence-electron chi connectivity index (χ0n) is 18.3. The average Bonchev–Trinajstić information content (AvgIpc) is 3.28. The van der Waals surface area contributed by atoms with E-state index >= 15 is 0 Å². The first-order chi connectivity index (χ1) is 16.0. The topological polar surface area (TPSA) is 115 Å². The van der Waals surface area contributed by atoms with Crippen LogP contribution in [-0.4, -0.2) is 51.6 Å². The average molecular weight is 444 g/mol. The Morgan fingerprint density at radius 3 is 2.79 bits per heavy atom. The number of fused-ring (bicyclic) bond motifs is 2. The van der Waals surface area contributed by atoms with Crippen LogP contribution in [0.4, 0.5) is 23.1 Å². The van der Waals surface area contributed by atoms with E-state index in [0.29, 0.717) is 23.1 Å². The fourth-order valence-corrected chi connectivity index (χ4v) is 4.11. The summed E-state index contributed by atoms with van der Waals surface area (Å²) in [5.74, 6) is 0.565. The molecule has 2 aromatic heterocycles. The minimum Gasteiger partial charge on any atom is -0.495 e. The number of methoxy groups -OCH3 is 1. The maximum absolute atomic E-state index is 11.6. The number of benzene rings is 2. The number of ether oxygens (including phenoxy) is 1. The van der Waals surface area contributed by atoms with Gasteiger partial charge in [-0.2, -0.15) is 9.97 Å². The number of para-hydroxylation sites is 1.